The number of piperidine rings is 1. The molecule has 3 fully saturated rings. The smallest absolute Gasteiger partial charge is 0.372 e. The lowest BCUT2D eigenvalue weighted by molar-refractivity contribution is -0.151. The van der Waals surface area contributed by atoms with Crippen LogP contribution in [0.2, 0.25) is 0 Å². The summed E-state index contributed by atoms with van der Waals surface area (Å²) >= 11 is 0. The maximum absolute atomic E-state index is 12.1. The molecule has 0 amide bonds. The van der Waals surface area contributed by atoms with E-state index in [2.05, 4.69) is 11.4 Å². The molecule has 4 nitrogen and oxygen atoms in total. The first kappa shape index (κ1) is 14.2. The van der Waals surface area contributed by atoms with Gasteiger partial charge in [-0.1, -0.05) is 36.6 Å². The van der Waals surface area contributed by atoms with Crippen LogP contribution in [0.3, 0.4) is 0 Å². The molecule has 1 saturated heterocycles. The largest absolute Gasteiger partial charge is 0.475 e. The molecular formula is C18H23NO3. The number of carbonyl (C=O) groups excluding carboxylic acids is 1. The third-order valence-electron chi connectivity index (χ3n) is 6.58. The standard InChI is InChI=1S/C18H23NO3/c20-16(17(21)22)11-4-3-6-13-12(11)10-15-14-5-1-2-7-18(13,14)8-9-19-15/h3-4,6,11-12,14-15,19H,1-2,5,7-10H2,(H,21,22)/t11?,12?,14-,15+,18-/m0/s1. The van der Waals surface area contributed by atoms with Crippen LogP contribution < -0.4 is 5.32 Å². The Labute approximate surface area is 130 Å². The number of hydrogen-bond donors (Lipinski definition) is 2. The molecule has 5 atom stereocenters. The lowest BCUT2D eigenvalue weighted by Gasteiger charge is -2.60. The van der Waals surface area contributed by atoms with Crippen molar-refractivity contribution >= 4 is 11.8 Å². The van der Waals surface area contributed by atoms with Crippen molar-refractivity contribution in [2.75, 3.05) is 6.54 Å². The zero-order valence-electron chi connectivity index (χ0n) is 12.8. The van der Waals surface area contributed by atoms with E-state index in [1.165, 1.54) is 31.3 Å². The zero-order chi connectivity index (χ0) is 15.3. The zero-order valence-corrected chi connectivity index (χ0v) is 12.8. The van der Waals surface area contributed by atoms with Gasteiger partial charge in [-0.25, -0.2) is 4.79 Å². The van der Waals surface area contributed by atoms with Crippen LogP contribution in [-0.2, 0) is 9.59 Å². The third kappa shape index (κ3) is 1.86. The molecule has 2 N–H and O–H groups in total. The van der Waals surface area contributed by atoms with Crippen molar-refractivity contribution in [2.24, 2.45) is 23.2 Å². The Balaban J connectivity index is 1.75. The topological polar surface area (TPSA) is 66.4 Å². The van der Waals surface area contributed by atoms with Crippen LogP contribution in [-0.4, -0.2) is 29.4 Å². The molecule has 4 heteroatoms. The minimum Gasteiger partial charge on any atom is -0.475 e. The predicted molar refractivity (Wildman–Crippen MR) is 82.3 cm³/mol. The molecule has 118 valence electrons. The average molecular weight is 301 g/mol. The summed E-state index contributed by atoms with van der Waals surface area (Å²) < 4.78 is 0. The Kier molecular flexibility index (Phi) is 3.26. The third-order valence-corrected chi connectivity index (χ3v) is 6.58. The van der Waals surface area contributed by atoms with Gasteiger partial charge in [-0.3, -0.25) is 4.79 Å². The second-order valence-corrected chi connectivity index (χ2v) is 7.36. The van der Waals surface area contributed by atoms with Crippen molar-refractivity contribution in [3.05, 3.63) is 23.8 Å². The van der Waals surface area contributed by atoms with Gasteiger partial charge in [0.2, 0.25) is 5.78 Å². The summed E-state index contributed by atoms with van der Waals surface area (Å²) in [6, 6.07) is 0.451. The van der Waals surface area contributed by atoms with Gasteiger partial charge in [0.25, 0.3) is 0 Å². The predicted octanol–water partition coefficient (Wildman–Crippen LogP) is 2.31. The SMILES string of the molecule is O=C(O)C(=O)C1C=CC=C2C1C[C@H]1NCC[C@@]23CCCC[C@@H]13. The van der Waals surface area contributed by atoms with Crippen molar-refractivity contribution in [2.45, 2.75) is 44.6 Å². The maximum Gasteiger partial charge on any atom is 0.372 e. The van der Waals surface area contributed by atoms with E-state index < -0.39 is 17.7 Å². The Bertz CT molecular complexity index is 575. The number of hydrogen-bond acceptors (Lipinski definition) is 3. The molecule has 2 unspecified atom stereocenters. The van der Waals surface area contributed by atoms with Gasteiger partial charge in [-0.05, 0) is 49.5 Å². The van der Waals surface area contributed by atoms with Gasteiger partial charge in [0.15, 0.2) is 0 Å². The van der Waals surface area contributed by atoms with Crippen molar-refractivity contribution in [1.29, 1.82) is 0 Å². The lowest BCUT2D eigenvalue weighted by atomic mass is 9.48. The summed E-state index contributed by atoms with van der Waals surface area (Å²) in [5.74, 6) is -1.65. The molecule has 0 aromatic heterocycles. The fourth-order valence-electron chi connectivity index (χ4n) is 5.76. The average Bonchev–Trinajstić information content (AvgIpc) is 2.53. The Hall–Kier alpha value is -1.42. The highest BCUT2D eigenvalue weighted by atomic mass is 16.4. The van der Waals surface area contributed by atoms with Crippen LogP contribution in [0, 0.1) is 23.2 Å². The molecule has 1 aliphatic heterocycles. The Morgan fingerprint density at radius 3 is 2.95 bits per heavy atom. The first-order valence-electron chi connectivity index (χ1n) is 8.53. The number of carboxylic acids is 1. The molecule has 0 radical (unpaired) electrons. The van der Waals surface area contributed by atoms with Gasteiger partial charge in [0, 0.05) is 6.04 Å². The quantitative estimate of drug-likeness (QED) is 0.768. The van der Waals surface area contributed by atoms with Gasteiger partial charge >= 0.3 is 5.97 Å². The van der Waals surface area contributed by atoms with Crippen LogP contribution >= 0.6 is 0 Å². The van der Waals surface area contributed by atoms with Gasteiger partial charge in [0.05, 0.1) is 5.92 Å². The number of nitrogens with one attached hydrogen (secondary N) is 1. The highest BCUT2D eigenvalue weighted by Gasteiger charge is 2.56. The molecule has 2 bridgehead atoms. The van der Waals surface area contributed by atoms with Crippen molar-refractivity contribution < 1.29 is 14.7 Å². The molecule has 3 aliphatic carbocycles. The van der Waals surface area contributed by atoms with Crippen LogP contribution in [0.25, 0.3) is 0 Å². The van der Waals surface area contributed by atoms with E-state index in [4.69, 9.17) is 5.11 Å². The van der Waals surface area contributed by atoms with Crippen LogP contribution in [0.4, 0.5) is 0 Å². The van der Waals surface area contributed by atoms with Crippen molar-refractivity contribution in [1.82, 2.24) is 5.32 Å². The fourth-order valence-corrected chi connectivity index (χ4v) is 5.76. The van der Waals surface area contributed by atoms with Crippen molar-refractivity contribution in [3.8, 4) is 0 Å². The van der Waals surface area contributed by atoms with Crippen LogP contribution in [0.5, 0.6) is 0 Å². The van der Waals surface area contributed by atoms with E-state index in [0.717, 1.165) is 19.4 Å². The van der Waals surface area contributed by atoms with Gasteiger partial charge < -0.3 is 10.4 Å². The number of carboxylic acid groups (broad SMARTS) is 1. The Morgan fingerprint density at radius 2 is 2.14 bits per heavy atom. The molecule has 1 heterocycles. The van der Waals surface area contributed by atoms with Gasteiger partial charge in [0.1, 0.15) is 0 Å². The normalized spacial score (nSPS) is 42.8. The number of rotatable bonds is 2. The number of Topliss-reactive ketones (excluding diaryl/α,β-unsaturated/α-hetero) is 1. The maximum atomic E-state index is 12.1. The molecular weight excluding hydrogens is 278 g/mol. The minimum atomic E-state index is -1.29. The summed E-state index contributed by atoms with van der Waals surface area (Å²) in [5.41, 5.74) is 1.61. The molecule has 2 saturated carbocycles. The van der Waals surface area contributed by atoms with E-state index in [0.29, 0.717) is 12.0 Å². The molecule has 4 rings (SSSR count). The van der Waals surface area contributed by atoms with E-state index in [9.17, 15) is 9.59 Å². The second-order valence-electron chi connectivity index (χ2n) is 7.36. The highest BCUT2D eigenvalue weighted by Crippen LogP contribution is 2.60. The lowest BCUT2D eigenvalue weighted by Crippen LogP contribution is -2.60. The van der Waals surface area contributed by atoms with E-state index >= 15 is 0 Å². The molecule has 22 heavy (non-hydrogen) atoms. The summed E-state index contributed by atoms with van der Waals surface area (Å²) in [4.78, 5) is 23.3. The fraction of sp³-hybridized carbons (Fsp3) is 0.667. The van der Waals surface area contributed by atoms with E-state index in [-0.39, 0.29) is 11.3 Å². The first-order valence-corrected chi connectivity index (χ1v) is 8.53. The molecule has 0 spiro atoms. The summed E-state index contributed by atoms with van der Waals surface area (Å²) in [5, 5.41) is 12.8. The summed E-state index contributed by atoms with van der Waals surface area (Å²) in [6.07, 6.45) is 13.0. The molecule has 0 aromatic carbocycles. The second kappa shape index (κ2) is 5.05. The summed E-state index contributed by atoms with van der Waals surface area (Å²) in [6.45, 7) is 1.05. The molecule has 4 aliphatic rings. The number of ketones is 1. The number of aliphatic carboxylic acids is 1. The first-order chi connectivity index (χ1) is 10.6. The number of allylic oxidation sites excluding steroid dienone is 4. The van der Waals surface area contributed by atoms with Crippen LogP contribution in [0.1, 0.15) is 38.5 Å². The number of carbonyl (C=O) groups is 2. The van der Waals surface area contributed by atoms with E-state index in [1.54, 1.807) is 6.08 Å². The monoisotopic (exact) mass is 301 g/mol. The highest BCUT2D eigenvalue weighted by molar-refractivity contribution is 6.34. The number of fused-ring (bicyclic) bond motifs is 1. The Morgan fingerprint density at radius 1 is 1.27 bits per heavy atom. The van der Waals surface area contributed by atoms with Crippen LogP contribution in [0.15, 0.2) is 23.8 Å². The minimum absolute atomic E-state index is 0.0840. The summed E-state index contributed by atoms with van der Waals surface area (Å²) in [7, 11) is 0. The van der Waals surface area contributed by atoms with Gasteiger partial charge in [-0.15, -0.1) is 0 Å². The van der Waals surface area contributed by atoms with Crippen molar-refractivity contribution in [3.63, 3.8) is 0 Å². The van der Waals surface area contributed by atoms with Gasteiger partial charge in [-0.2, -0.15) is 0 Å². The van der Waals surface area contributed by atoms with E-state index in [1.807, 2.05) is 6.08 Å². The molecule has 0 aromatic rings.